The van der Waals surface area contributed by atoms with Crippen LogP contribution in [0, 0.1) is 13.0 Å². The summed E-state index contributed by atoms with van der Waals surface area (Å²) in [5, 5.41) is 8.34. The molecule has 0 saturated heterocycles. The predicted octanol–water partition coefficient (Wildman–Crippen LogP) is 5.06. The van der Waals surface area contributed by atoms with Gasteiger partial charge in [0.25, 0.3) is 5.78 Å². The van der Waals surface area contributed by atoms with Crippen LogP contribution in [0.1, 0.15) is 17.5 Å². The monoisotopic (exact) mass is 424 g/mol. The van der Waals surface area contributed by atoms with Gasteiger partial charge in [-0.3, -0.25) is 0 Å². The van der Waals surface area contributed by atoms with Crippen LogP contribution in [0.4, 0.5) is 21.6 Å². The highest BCUT2D eigenvalue weighted by atomic mass is 19.1. The van der Waals surface area contributed by atoms with Gasteiger partial charge in [-0.2, -0.15) is 9.37 Å². The number of benzene rings is 3. The first-order valence-corrected chi connectivity index (χ1v) is 10.7. The molecule has 158 valence electrons. The zero-order valence-corrected chi connectivity index (χ0v) is 17.6. The third kappa shape index (κ3) is 2.89. The van der Waals surface area contributed by atoms with Crippen molar-refractivity contribution < 1.29 is 4.39 Å². The standard InChI is InChI=1S/C25H21FN6/c1-15-4-6-16(7-5-15)18-9-8-17-3-2-12-31(21(17)13-18)23-20-11-10-19(27)14-22(20)32-24(26)29-30-25(32)28-23/h4-11,13-14H,2-3,12,27H2,1H3. The number of nitrogen functional groups attached to an aromatic ring is 1. The van der Waals surface area contributed by atoms with Gasteiger partial charge in [0.2, 0.25) is 0 Å². The van der Waals surface area contributed by atoms with Gasteiger partial charge in [0.05, 0.1) is 5.52 Å². The van der Waals surface area contributed by atoms with E-state index >= 15 is 0 Å². The van der Waals surface area contributed by atoms with Crippen LogP contribution in [0.2, 0.25) is 0 Å². The molecule has 5 aromatic rings. The lowest BCUT2D eigenvalue weighted by Crippen LogP contribution is -2.26. The van der Waals surface area contributed by atoms with Gasteiger partial charge in [0, 0.05) is 23.3 Å². The molecule has 0 radical (unpaired) electrons. The number of fused-ring (bicyclic) bond motifs is 4. The summed E-state index contributed by atoms with van der Waals surface area (Å²) in [6, 6.07) is 20.6. The molecule has 1 aliphatic heterocycles. The van der Waals surface area contributed by atoms with Crippen molar-refractivity contribution >= 4 is 33.9 Å². The minimum Gasteiger partial charge on any atom is -0.399 e. The molecule has 0 fully saturated rings. The Kier molecular flexibility index (Phi) is 4.11. The van der Waals surface area contributed by atoms with Crippen LogP contribution < -0.4 is 10.6 Å². The molecule has 0 spiro atoms. The van der Waals surface area contributed by atoms with E-state index in [-0.39, 0.29) is 5.78 Å². The van der Waals surface area contributed by atoms with E-state index in [1.807, 2.05) is 12.1 Å². The van der Waals surface area contributed by atoms with E-state index in [1.54, 1.807) is 6.07 Å². The molecule has 7 heteroatoms. The minimum absolute atomic E-state index is 0.220. The lowest BCUT2D eigenvalue weighted by molar-refractivity contribution is 0.532. The second kappa shape index (κ2) is 7.02. The molecule has 0 amide bonds. The van der Waals surface area contributed by atoms with Crippen molar-refractivity contribution in [2.24, 2.45) is 0 Å². The summed E-state index contributed by atoms with van der Waals surface area (Å²) in [6.45, 7) is 2.90. The Hall–Kier alpha value is -4.00. The van der Waals surface area contributed by atoms with Crippen molar-refractivity contribution in [3.8, 4) is 11.1 Å². The molecule has 0 saturated carbocycles. The second-order valence-electron chi connectivity index (χ2n) is 8.28. The fourth-order valence-corrected chi connectivity index (χ4v) is 4.54. The number of anilines is 3. The van der Waals surface area contributed by atoms with E-state index in [9.17, 15) is 4.39 Å². The number of aryl methyl sites for hydroxylation is 2. The molecule has 6 rings (SSSR count). The Morgan fingerprint density at radius 2 is 1.75 bits per heavy atom. The molecule has 6 nitrogen and oxygen atoms in total. The number of nitrogens with zero attached hydrogens (tertiary/aromatic N) is 5. The van der Waals surface area contributed by atoms with Crippen molar-refractivity contribution in [2.45, 2.75) is 19.8 Å². The summed E-state index contributed by atoms with van der Waals surface area (Å²) in [6.07, 6.45) is 1.31. The van der Waals surface area contributed by atoms with Gasteiger partial charge in [0.15, 0.2) is 0 Å². The van der Waals surface area contributed by atoms with Crippen molar-refractivity contribution in [1.29, 1.82) is 0 Å². The number of nitrogens with two attached hydrogens (primary N) is 1. The molecule has 3 aromatic carbocycles. The summed E-state index contributed by atoms with van der Waals surface area (Å²) in [5.41, 5.74) is 13.1. The first kappa shape index (κ1) is 18.7. The van der Waals surface area contributed by atoms with Crippen LogP contribution in [-0.4, -0.2) is 26.1 Å². The van der Waals surface area contributed by atoms with Crippen molar-refractivity contribution in [1.82, 2.24) is 19.6 Å². The summed E-state index contributed by atoms with van der Waals surface area (Å²) in [5.74, 6) is 0.958. The Morgan fingerprint density at radius 1 is 0.938 bits per heavy atom. The number of hydrogen-bond donors (Lipinski definition) is 1. The predicted molar refractivity (Wildman–Crippen MR) is 125 cm³/mol. The summed E-state index contributed by atoms with van der Waals surface area (Å²) in [7, 11) is 0. The van der Waals surface area contributed by atoms with Crippen LogP contribution in [0.25, 0.3) is 27.8 Å². The molecule has 2 aromatic heterocycles. The second-order valence-corrected chi connectivity index (χ2v) is 8.28. The van der Waals surface area contributed by atoms with Gasteiger partial charge in [-0.05, 0) is 60.7 Å². The normalized spacial score (nSPS) is 13.6. The summed E-state index contributed by atoms with van der Waals surface area (Å²) < 4.78 is 15.7. The quantitative estimate of drug-likeness (QED) is 0.401. The third-order valence-electron chi connectivity index (χ3n) is 6.16. The van der Waals surface area contributed by atoms with Gasteiger partial charge >= 0.3 is 6.08 Å². The van der Waals surface area contributed by atoms with Gasteiger partial charge in [-0.1, -0.05) is 47.1 Å². The van der Waals surface area contributed by atoms with E-state index in [1.165, 1.54) is 21.1 Å². The average molecular weight is 424 g/mol. The SMILES string of the molecule is Cc1ccc(-c2ccc3c(c2)N(c2nc4nnc(F)n4c4cc(N)ccc24)CCC3)cc1. The average Bonchev–Trinajstić information content (AvgIpc) is 3.19. The van der Waals surface area contributed by atoms with Crippen LogP contribution in [0.3, 0.4) is 0 Å². The third-order valence-corrected chi connectivity index (χ3v) is 6.16. The van der Waals surface area contributed by atoms with Crippen molar-refractivity contribution in [2.75, 3.05) is 17.2 Å². The molecule has 0 bridgehead atoms. The largest absolute Gasteiger partial charge is 0.399 e. The Labute approximate surface area is 184 Å². The summed E-state index contributed by atoms with van der Waals surface area (Å²) >= 11 is 0. The molecule has 2 N–H and O–H groups in total. The van der Waals surface area contributed by atoms with Crippen molar-refractivity contribution in [3.05, 3.63) is 77.9 Å². The smallest absolute Gasteiger partial charge is 0.315 e. The fraction of sp³-hybridized carbons (Fsp3) is 0.160. The number of hydrogen-bond acceptors (Lipinski definition) is 5. The number of aromatic nitrogens is 4. The zero-order valence-electron chi connectivity index (χ0n) is 17.6. The molecular formula is C25H21FN6. The highest BCUT2D eigenvalue weighted by Crippen LogP contribution is 2.39. The van der Waals surface area contributed by atoms with Crippen LogP contribution >= 0.6 is 0 Å². The van der Waals surface area contributed by atoms with Gasteiger partial charge in [0.1, 0.15) is 5.82 Å². The fourth-order valence-electron chi connectivity index (χ4n) is 4.54. The Bertz CT molecular complexity index is 1490. The maximum Gasteiger partial charge on any atom is 0.315 e. The zero-order chi connectivity index (χ0) is 21.8. The first-order chi connectivity index (χ1) is 15.6. The topological polar surface area (TPSA) is 72.3 Å². The van der Waals surface area contributed by atoms with Crippen LogP contribution in [0.5, 0.6) is 0 Å². The molecule has 0 atom stereocenters. The number of rotatable bonds is 2. The van der Waals surface area contributed by atoms with E-state index in [4.69, 9.17) is 10.7 Å². The molecular weight excluding hydrogens is 403 g/mol. The first-order valence-electron chi connectivity index (χ1n) is 10.7. The lowest BCUT2D eigenvalue weighted by atomic mass is 9.96. The van der Waals surface area contributed by atoms with E-state index in [2.05, 4.69) is 64.5 Å². The molecule has 0 aliphatic carbocycles. The van der Waals surface area contributed by atoms with Gasteiger partial charge in [-0.15, -0.1) is 5.10 Å². The molecule has 0 unspecified atom stereocenters. The minimum atomic E-state index is -0.699. The summed E-state index contributed by atoms with van der Waals surface area (Å²) in [4.78, 5) is 6.93. The molecule has 1 aliphatic rings. The van der Waals surface area contributed by atoms with E-state index in [0.717, 1.165) is 41.8 Å². The number of halogens is 1. The maximum atomic E-state index is 14.4. The highest BCUT2D eigenvalue weighted by molar-refractivity contribution is 5.95. The maximum absolute atomic E-state index is 14.4. The van der Waals surface area contributed by atoms with Crippen LogP contribution in [0.15, 0.2) is 60.7 Å². The van der Waals surface area contributed by atoms with Gasteiger partial charge < -0.3 is 10.6 Å². The van der Waals surface area contributed by atoms with Crippen LogP contribution in [-0.2, 0) is 6.42 Å². The van der Waals surface area contributed by atoms with Gasteiger partial charge in [-0.25, -0.2) is 4.40 Å². The highest BCUT2D eigenvalue weighted by Gasteiger charge is 2.24. The van der Waals surface area contributed by atoms with E-state index in [0.29, 0.717) is 11.2 Å². The molecule has 32 heavy (non-hydrogen) atoms. The van der Waals surface area contributed by atoms with Crippen molar-refractivity contribution in [3.63, 3.8) is 0 Å². The Balaban J connectivity index is 1.57. The van der Waals surface area contributed by atoms with E-state index < -0.39 is 6.08 Å². The Morgan fingerprint density at radius 3 is 2.59 bits per heavy atom. The molecule has 3 heterocycles. The lowest BCUT2D eigenvalue weighted by Gasteiger charge is -2.31.